The van der Waals surface area contributed by atoms with E-state index in [9.17, 15) is 0 Å². The van der Waals surface area contributed by atoms with Gasteiger partial charge in [-0.3, -0.25) is 0 Å². The molecule has 4 aliphatic carbocycles. The van der Waals surface area contributed by atoms with E-state index in [0.29, 0.717) is 0 Å². The van der Waals surface area contributed by atoms with Crippen molar-refractivity contribution < 1.29 is 0 Å². The van der Waals surface area contributed by atoms with Crippen molar-refractivity contribution in [3.05, 3.63) is 306 Å². The molecule has 7 aromatic carbocycles. The second kappa shape index (κ2) is 131. The molecular weight excluding hydrogens is 1190 g/mol. The lowest BCUT2D eigenvalue weighted by atomic mass is 10.1. The summed E-state index contributed by atoms with van der Waals surface area (Å²) in [6.07, 6.45) is 43.6. The van der Waals surface area contributed by atoms with Crippen LogP contribution in [0.4, 0.5) is 0 Å². The van der Waals surface area contributed by atoms with Crippen molar-refractivity contribution in [2.45, 2.75) is 306 Å². The fourth-order valence-electron chi connectivity index (χ4n) is 6.36. The predicted molar refractivity (Wildman–Crippen MR) is 479 cm³/mol. The first-order chi connectivity index (χ1) is 48.3. The lowest BCUT2D eigenvalue weighted by Gasteiger charge is -2.00. The zero-order chi connectivity index (χ0) is 77.6. The van der Waals surface area contributed by atoms with Gasteiger partial charge in [0.25, 0.3) is 0 Å². The SMILES string of the molecule is C.C1=CCC=C1.C1=CCC=C1.C1=CCC=C1.C1=Cc2ccccc2C1.CC.CC.CC.CC.CC.CC.CC.CC.CC.CC.CCC.CCC.CCC.CCC.CCC.CCc1ccccc1.CCc1ccccc1.c1ccc(Cc2ccccc2)cc1.c1ccc2ccccc2c1. The van der Waals surface area contributed by atoms with Gasteiger partial charge in [-0.15, -0.1) is 0 Å². The third-order valence-electron chi connectivity index (χ3n) is 9.91. The number of hydrogen-bond donors (Lipinski definition) is 0. The van der Waals surface area contributed by atoms with Crippen molar-refractivity contribution in [2.24, 2.45) is 0 Å². The number of benzene rings is 7. The Morgan fingerprint density at radius 1 is 0.222 bits per heavy atom. The first kappa shape index (κ1) is 122. The van der Waals surface area contributed by atoms with E-state index in [0.717, 1.165) is 44.9 Å². The molecule has 0 fully saturated rings. The summed E-state index contributed by atoms with van der Waals surface area (Å²) in [6, 6.07) is 67.2. The highest BCUT2D eigenvalue weighted by molar-refractivity contribution is 5.82. The maximum atomic E-state index is 2.20. The molecule has 99 heavy (non-hydrogen) atoms. The fourth-order valence-corrected chi connectivity index (χ4v) is 6.36. The van der Waals surface area contributed by atoms with Crippen LogP contribution in [0, 0.1) is 0 Å². The molecule has 4 aliphatic rings. The summed E-state index contributed by atoms with van der Waals surface area (Å²) < 4.78 is 0. The molecule has 0 aromatic heterocycles. The van der Waals surface area contributed by atoms with Crippen LogP contribution in [0.15, 0.2) is 273 Å². The molecule has 0 saturated heterocycles. The van der Waals surface area contributed by atoms with Gasteiger partial charge in [-0.25, -0.2) is 0 Å². The van der Waals surface area contributed by atoms with Crippen LogP contribution in [0.3, 0.4) is 0 Å². The first-order valence-corrected chi connectivity index (χ1v) is 39.6. The molecular formula is C99H170. The van der Waals surface area contributed by atoms with Gasteiger partial charge in [0, 0.05) is 0 Å². The molecule has 0 unspecified atom stereocenters. The molecule has 0 heteroatoms. The highest BCUT2D eigenvalue weighted by Gasteiger charge is 2.00. The predicted octanol–water partition coefficient (Wildman–Crippen LogP) is 35.4. The molecule has 0 nitrogen and oxygen atoms in total. The quantitative estimate of drug-likeness (QED) is 0.165. The van der Waals surface area contributed by atoms with Crippen LogP contribution >= 0.6 is 0 Å². The van der Waals surface area contributed by atoms with Crippen molar-refractivity contribution in [1.82, 2.24) is 0 Å². The Morgan fingerprint density at radius 2 is 0.414 bits per heavy atom. The highest BCUT2D eigenvalue weighted by Crippen LogP contribution is 2.17. The Kier molecular flexibility index (Phi) is 162. The summed E-state index contributed by atoms with van der Waals surface area (Å²) >= 11 is 0. The van der Waals surface area contributed by atoms with Crippen LogP contribution in [0.2, 0.25) is 0 Å². The van der Waals surface area contributed by atoms with Gasteiger partial charge >= 0.3 is 0 Å². The van der Waals surface area contributed by atoms with Gasteiger partial charge in [-0.05, 0) is 89.1 Å². The minimum Gasteiger partial charge on any atom is -0.0808 e. The molecule has 0 bridgehead atoms. The molecule has 0 amide bonds. The molecule has 0 saturated carbocycles. The third-order valence-corrected chi connectivity index (χ3v) is 9.91. The van der Waals surface area contributed by atoms with Gasteiger partial charge in [0.05, 0.1) is 0 Å². The van der Waals surface area contributed by atoms with Gasteiger partial charge in [0.15, 0.2) is 0 Å². The van der Waals surface area contributed by atoms with E-state index >= 15 is 0 Å². The number of fused-ring (bicyclic) bond motifs is 2. The maximum absolute atomic E-state index is 2.20. The van der Waals surface area contributed by atoms with E-state index in [1.165, 1.54) is 76.3 Å². The zero-order valence-electron chi connectivity index (χ0n) is 71.0. The third kappa shape index (κ3) is 105. The van der Waals surface area contributed by atoms with Crippen molar-refractivity contribution in [1.29, 1.82) is 0 Å². The van der Waals surface area contributed by atoms with Crippen LogP contribution in [0.1, 0.15) is 314 Å². The van der Waals surface area contributed by atoms with Crippen molar-refractivity contribution in [2.75, 3.05) is 0 Å². The van der Waals surface area contributed by atoms with Gasteiger partial charge in [-0.2, -0.15) is 0 Å². The molecule has 0 atom stereocenters. The van der Waals surface area contributed by atoms with Crippen LogP contribution in [-0.4, -0.2) is 0 Å². The molecule has 566 valence electrons. The summed E-state index contributed by atoms with van der Waals surface area (Å²) in [5, 5.41) is 2.62. The molecule has 11 rings (SSSR count). The molecule has 0 radical (unpaired) electrons. The average Bonchev–Trinajstić information content (AvgIpc) is 1.71. The first-order valence-electron chi connectivity index (χ1n) is 39.6. The normalized spacial score (nSPS) is 9.21. The van der Waals surface area contributed by atoms with Gasteiger partial charge in [0.2, 0.25) is 0 Å². The lowest BCUT2D eigenvalue weighted by molar-refractivity contribution is 1.09. The lowest BCUT2D eigenvalue weighted by Crippen LogP contribution is -1.85. The molecule has 0 spiro atoms. The van der Waals surface area contributed by atoms with Crippen LogP contribution in [0.5, 0.6) is 0 Å². The smallest absolute Gasteiger partial charge is 0.00258 e. The minimum atomic E-state index is 0. The van der Waals surface area contributed by atoms with Crippen LogP contribution in [0.25, 0.3) is 16.8 Å². The summed E-state index contributed by atoms with van der Waals surface area (Å²) in [5.41, 5.74) is 8.40. The summed E-state index contributed by atoms with van der Waals surface area (Å²) in [5.74, 6) is 0. The standard InChI is InChI=1S/C13H12.C10H8.C9H8.2C8H10.3C5H6.5C3H8.10C2H6.CH4/c1-3-7-12(8-4-1)11-13-9-5-2-6-10-13;1-2-6-10-8-4-3-7-9(10)5-1;1-2-5-9-7-3-6-8(9)4-1;2*1-2-8-6-4-3-5-7-8;3*1-2-4-5-3-1;5*1-3-2;10*1-2;/h1-10H,11H2;1-8H;1-6H,7H2;2*3-7H,2H2,1H3;3*1-4H,5H2;5*3H2,1-2H3;10*1-2H3;1H4. The monoisotopic (exact) mass is 1360 g/mol. The van der Waals surface area contributed by atoms with Crippen molar-refractivity contribution in [3.63, 3.8) is 0 Å². The van der Waals surface area contributed by atoms with Crippen molar-refractivity contribution >= 4 is 16.8 Å². The Balaban J connectivity index is -0.0000000735. The van der Waals surface area contributed by atoms with Gasteiger partial charge in [-0.1, -0.05) is 540 Å². The summed E-state index contributed by atoms with van der Waals surface area (Å²) in [6.45, 7) is 65.6. The topological polar surface area (TPSA) is 0 Å². The Labute approximate surface area is 625 Å². The van der Waals surface area contributed by atoms with E-state index in [1.807, 2.05) is 151 Å². The highest BCUT2D eigenvalue weighted by atomic mass is 14.1. The molecule has 0 aliphatic heterocycles. The largest absolute Gasteiger partial charge is 0.0808 e. The van der Waals surface area contributed by atoms with E-state index in [-0.39, 0.29) is 7.43 Å². The van der Waals surface area contributed by atoms with Crippen molar-refractivity contribution in [3.8, 4) is 0 Å². The van der Waals surface area contributed by atoms with E-state index in [2.05, 4.69) is 350 Å². The number of rotatable bonds is 4. The second-order valence-electron chi connectivity index (χ2n) is 18.3. The molecule has 0 N–H and O–H groups in total. The number of aryl methyl sites for hydroxylation is 2. The Morgan fingerprint density at radius 3 is 0.596 bits per heavy atom. The van der Waals surface area contributed by atoms with E-state index in [4.69, 9.17) is 0 Å². The second-order valence-corrected chi connectivity index (χ2v) is 18.3. The van der Waals surface area contributed by atoms with E-state index < -0.39 is 0 Å². The maximum Gasteiger partial charge on any atom is -0.00258 e. The van der Waals surface area contributed by atoms with E-state index in [1.54, 1.807) is 0 Å². The fraction of sp³-hybridized carbons (Fsp3) is 0.455. The summed E-state index contributed by atoms with van der Waals surface area (Å²) in [4.78, 5) is 0. The van der Waals surface area contributed by atoms with Gasteiger partial charge in [0.1, 0.15) is 0 Å². The molecule has 7 aromatic rings. The van der Waals surface area contributed by atoms with Crippen LogP contribution in [-0.2, 0) is 25.7 Å². The zero-order valence-corrected chi connectivity index (χ0v) is 71.0. The number of hydrogen-bond acceptors (Lipinski definition) is 0. The van der Waals surface area contributed by atoms with Gasteiger partial charge < -0.3 is 0 Å². The van der Waals surface area contributed by atoms with Crippen LogP contribution < -0.4 is 0 Å². The molecule has 0 heterocycles. The average molecular weight is 1360 g/mol. The number of allylic oxidation sites excluding steroid dienone is 13. The Bertz CT molecular complexity index is 2260. The minimum absolute atomic E-state index is 0. The summed E-state index contributed by atoms with van der Waals surface area (Å²) in [7, 11) is 0. The Hall–Kier alpha value is -7.02.